The number of rotatable bonds is 6. The lowest BCUT2D eigenvalue weighted by molar-refractivity contribution is -0.119. The van der Waals surface area contributed by atoms with Gasteiger partial charge in [-0.05, 0) is 30.5 Å². The molecular weight excluding hydrogens is 467 g/mol. The SMILES string of the molecule is CN=C(NCc1cccc(N2CC=CC2)c1)NC1CCN(CC(N)=O)CC1.I. The number of anilines is 1. The predicted octanol–water partition coefficient (Wildman–Crippen LogP) is 1.30. The molecule has 0 unspecified atom stereocenters. The number of likely N-dealkylation sites (tertiary alicyclic amines) is 1. The van der Waals surface area contributed by atoms with Gasteiger partial charge >= 0.3 is 0 Å². The highest BCUT2D eigenvalue weighted by Crippen LogP contribution is 2.18. The number of nitrogens with two attached hydrogens (primary N) is 1. The summed E-state index contributed by atoms with van der Waals surface area (Å²) in [6.07, 6.45) is 6.35. The lowest BCUT2D eigenvalue weighted by Crippen LogP contribution is -2.49. The van der Waals surface area contributed by atoms with E-state index < -0.39 is 0 Å². The average Bonchev–Trinajstić information content (AvgIpc) is 3.21. The van der Waals surface area contributed by atoms with Crippen molar-refractivity contribution in [1.82, 2.24) is 15.5 Å². The van der Waals surface area contributed by atoms with Crippen LogP contribution in [0.1, 0.15) is 18.4 Å². The molecule has 28 heavy (non-hydrogen) atoms. The van der Waals surface area contributed by atoms with Crippen LogP contribution >= 0.6 is 24.0 Å². The molecule has 0 aromatic heterocycles. The maximum Gasteiger partial charge on any atom is 0.231 e. The zero-order chi connectivity index (χ0) is 19.1. The van der Waals surface area contributed by atoms with Gasteiger partial charge in [0.1, 0.15) is 0 Å². The molecular formula is C20H31IN6O. The molecule has 0 bridgehead atoms. The summed E-state index contributed by atoms with van der Waals surface area (Å²) in [6, 6.07) is 8.99. The van der Waals surface area contributed by atoms with Crippen LogP contribution in [0.2, 0.25) is 0 Å². The number of benzene rings is 1. The minimum absolute atomic E-state index is 0. The number of carbonyl (C=O) groups excluding carboxylic acids is 1. The molecule has 2 heterocycles. The largest absolute Gasteiger partial charge is 0.369 e. The minimum atomic E-state index is -0.258. The zero-order valence-corrected chi connectivity index (χ0v) is 18.8. The molecule has 0 spiro atoms. The van der Waals surface area contributed by atoms with Crippen LogP contribution in [0.3, 0.4) is 0 Å². The van der Waals surface area contributed by atoms with Gasteiger partial charge in [-0.15, -0.1) is 24.0 Å². The second-order valence-electron chi connectivity index (χ2n) is 7.13. The van der Waals surface area contributed by atoms with Crippen molar-refractivity contribution in [2.45, 2.75) is 25.4 Å². The van der Waals surface area contributed by atoms with Gasteiger partial charge in [-0.1, -0.05) is 24.3 Å². The summed E-state index contributed by atoms with van der Waals surface area (Å²) in [5.41, 5.74) is 7.76. The number of hydrogen-bond acceptors (Lipinski definition) is 4. The smallest absolute Gasteiger partial charge is 0.231 e. The Labute approximate surface area is 184 Å². The lowest BCUT2D eigenvalue weighted by atomic mass is 10.1. The van der Waals surface area contributed by atoms with Gasteiger partial charge < -0.3 is 21.3 Å². The molecule has 0 atom stereocenters. The highest BCUT2D eigenvalue weighted by Gasteiger charge is 2.20. The summed E-state index contributed by atoms with van der Waals surface area (Å²) in [7, 11) is 1.80. The third-order valence-corrected chi connectivity index (χ3v) is 5.09. The number of nitrogens with one attached hydrogen (secondary N) is 2. The standard InChI is InChI=1S/C20H30N6O.HI/c1-22-20(24-17-7-11-25(12-8-17)15-19(21)27)23-14-16-5-4-6-18(13-16)26-9-2-3-10-26;/h2-6,13,17H,7-12,14-15H2,1H3,(H2,21,27)(H2,22,23,24);1H. The summed E-state index contributed by atoms with van der Waals surface area (Å²) in [5, 5.41) is 6.91. The van der Waals surface area contributed by atoms with Crippen molar-refractivity contribution in [2.24, 2.45) is 10.7 Å². The van der Waals surface area contributed by atoms with E-state index in [0.29, 0.717) is 12.6 Å². The summed E-state index contributed by atoms with van der Waals surface area (Å²) in [6.45, 7) is 4.80. The van der Waals surface area contributed by atoms with Gasteiger partial charge in [0, 0.05) is 51.5 Å². The van der Waals surface area contributed by atoms with Crippen LogP contribution in [-0.4, -0.2) is 62.6 Å². The number of primary amides is 1. The van der Waals surface area contributed by atoms with Crippen LogP contribution in [0.15, 0.2) is 41.4 Å². The number of halogens is 1. The normalized spacial score (nSPS) is 18.0. The van der Waals surface area contributed by atoms with Gasteiger partial charge in [-0.25, -0.2) is 0 Å². The van der Waals surface area contributed by atoms with Crippen molar-refractivity contribution >= 4 is 41.5 Å². The van der Waals surface area contributed by atoms with Crippen molar-refractivity contribution in [3.8, 4) is 0 Å². The fourth-order valence-electron chi connectivity index (χ4n) is 3.58. The summed E-state index contributed by atoms with van der Waals surface area (Å²) >= 11 is 0. The number of hydrogen-bond donors (Lipinski definition) is 3. The molecule has 7 nitrogen and oxygen atoms in total. The fourth-order valence-corrected chi connectivity index (χ4v) is 3.58. The van der Waals surface area contributed by atoms with Gasteiger partial charge in [0.05, 0.1) is 6.54 Å². The Morgan fingerprint density at radius 1 is 1.25 bits per heavy atom. The number of nitrogens with zero attached hydrogens (tertiary/aromatic N) is 3. The monoisotopic (exact) mass is 498 g/mol. The first-order valence-electron chi connectivity index (χ1n) is 9.61. The van der Waals surface area contributed by atoms with Crippen LogP contribution in [0.5, 0.6) is 0 Å². The number of piperidine rings is 1. The molecule has 4 N–H and O–H groups in total. The maximum atomic E-state index is 11.0. The fraction of sp³-hybridized carbons (Fsp3) is 0.500. The highest BCUT2D eigenvalue weighted by atomic mass is 127. The second-order valence-corrected chi connectivity index (χ2v) is 7.13. The number of carbonyl (C=O) groups is 1. The van der Waals surface area contributed by atoms with E-state index in [0.717, 1.165) is 51.5 Å². The molecule has 0 saturated carbocycles. The molecule has 1 fully saturated rings. The molecule has 8 heteroatoms. The van der Waals surface area contributed by atoms with E-state index in [1.165, 1.54) is 11.3 Å². The van der Waals surface area contributed by atoms with Crippen molar-refractivity contribution in [3.05, 3.63) is 42.0 Å². The van der Waals surface area contributed by atoms with Gasteiger partial charge in [-0.3, -0.25) is 14.7 Å². The van der Waals surface area contributed by atoms with Gasteiger partial charge in [0.15, 0.2) is 5.96 Å². The van der Waals surface area contributed by atoms with Crippen LogP contribution in [0.25, 0.3) is 0 Å². The van der Waals surface area contributed by atoms with E-state index in [1.807, 2.05) is 0 Å². The summed E-state index contributed by atoms with van der Waals surface area (Å²) in [4.78, 5) is 19.8. The first-order valence-corrected chi connectivity index (χ1v) is 9.61. The molecule has 1 aromatic rings. The predicted molar refractivity (Wildman–Crippen MR) is 125 cm³/mol. The Morgan fingerprint density at radius 3 is 2.61 bits per heavy atom. The molecule has 1 saturated heterocycles. The van der Waals surface area contributed by atoms with E-state index in [4.69, 9.17) is 5.73 Å². The molecule has 3 rings (SSSR count). The van der Waals surface area contributed by atoms with E-state index in [1.54, 1.807) is 7.05 Å². The van der Waals surface area contributed by atoms with Crippen LogP contribution in [0.4, 0.5) is 5.69 Å². The van der Waals surface area contributed by atoms with Crippen molar-refractivity contribution in [2.75, 3.05) is 44.7 Å². The topological polar surface area (TPSA) is 86.0 Å². The Kier molecular flexibility index (Phi) is 9.04. The molecule has 2 aliphatic rings. The Morgan fingerprint density at radius 2 is 1.96 bits per heavy atom. The number of guanidine groups is 1. The first kappa shape index (κ1) is 22.5. The molecule has 2 aliphatic heterocycles. The Bertz CT molecular complexity index is 692. The van der Waals surface area contributed by atoms with E-state index in [2.05, 4.69) is 61.8 Å². The van der Waals surface area contributed by atoms with Crippen LogP contribution in [-0.2, 0) is 11.3 Å². The zero-order valence-electron chi connectivity index (χ0n) is 16.4. The molecule has 1 aromatic carbocycles. The van der Waals surface area contributed by atoms with E-state index in [-0.39, 0.29) is 29.9 Å². The number of aliphatic imine (C=N–C) groups is 1. The quantitative estimate of drug-likeness (QED) is 0.238. The number of amides is 1. The Hall–Kier alpha value is -1.81. The van der Waals surface area contributed by atoms with Crippen LogP contribution < -0.4 is 21.3 Å². The third-order valence-electron chi connectivity index (χ3n) is 5.09. The van der Waals surface area contributed by atoms with E-state index >= 15 is 0 Å². The summed E-state index contributed by atoms with van der Waals surface area (Å²) in [5.74, 6) is 0.558. The summed E-state index contributed by atoms with van der Waals surface area (Å²) < 4.78 is 0. The van der Waals surface area contributed by atoms with Crippen molar-refractivity contribution < 1.29 is 4.79 Å². The highest BCUT2D eigenvalue weighted by molar-refractivity contribution is 14.0. The molecule has 0 radical (unpaired) electrons. The maximum absolute atomic E-state index is 11.0. The lowest BCUT2D eigenvalue weighted by Gasteiger charge is -2.32. The van der Waals surface area contributed by atoms with Crippen LogP contribution in [0, 0.1) is 0 Å². The minimum Gasteiger partial charge on any atom is -0.369 e. The van der Waals surface area contributed by atoms with E-state index in [9.17, 15) is 4.79 Å². The van der Waals surface area contributed by atoms with Gasteiger partial charge in [0.25, 0.3) is 0 Å². The Balaban J connectivity index is 0.00000280. The molecule has 1 amide bonds. The van der Waals surface area contributed by atoms with Crippen molar-refractivity contribution in [3.63, 3.8) is 0 Å². The third kappa shape index (κ3) is 6.66. The van der Waals surface area contributed by atoms with Gasteiger partial charge in [0.2, 0.25) is 5.91 Å². The van der Waals surface area contributed by atoms with Gasteiger partial charge in [-0.2, -0.15) is 0 Å². The first-order chi connectivity index (χ1) is 13.1. The van der Waals surface area contributed by atoms with Crippen molar-refractivity contribution in [1.29, 1.82) is 0 Å². The molecule has 154 valence electrons. The molecule has 0 aliphatic carbocycles. The average molecular weight is 498 g/mol. The second kappa shape index (κ2) is 11.3.